The van der Waals surface area contributed by atoms with Crippen LogP contribution in [0.1, 0.15) is 82.8 Å². The van der Waals surface area contributed by atoms with Gasteiger partial charge >= 0.3 is 0 Å². The molecule has 0 aliphatic heterocycles. The lowest BCUT2D eigenvalue weighted by atomic mass is 9.87. The molecule has 210 valence electrons. The Morgan fingerprint density at radius 2 is 1.56 bits per heavy atom. The Kier molecular flexibility index (Phi) is 8.48. The summed E-state index contributed by atoms with van der Waals surface area (Å²) in [7, 11) is -1.36. The van der Waals surface area contributed by atoms with Gasteiger partial charge in [-0.05, 0) is 71.2 Å². The first-order chi connectivity index (χ1) is 18.3. The van der Waals surface area contributed by atoms with Crippen molar-refractivity contribution < 1.29 is 8.57 Å². The molecule has 0 aliphatic rings. The molecule has 4 aromatic rings. The van der Waals surface area contributed by atoms with Gasteiger partial charge in [-0.15, -0.1) is 10.3 Å². The number of benzene rings is 2. The summed E-state index contributed by atoms with van der Waals surface area (Å²) in [5.74, 6) is 0.192. The van der Waals surface area contributed by atoms with Gasteiger partial charge in [0.1, 0.15) is 5.82 Å². The lowest BCUT2D eigenvalue weighted by Gasteiger charge is -2.44. The van der Waals surface area contributed by atoms with Crippen molar-refractivity contribution in [3.05, 3.63) is 83.1 Å². The Labute approximate surface area is 235 Å². The van der Waals surface area contributed by atoms with Gasteiger partial charge in [0.05, 0.1) is 6.61 Å². The number of fused-ring (bicyclic) bond motifs is 1. The van der Waals surface area contributed by atoms with Crippen molar-refractivity contribution in [2.24, 2.45) is 0 Å². The molecule has 4 rings (SSSR count). The van der Waals surface area contributed by atoms with Crippen LogP contribution in [0, 0.1) is 5.82 Å². The number of hydrogen-bond donors (Lipinski definition) is 2. The van der Waals surface area contributed by atoms with Crippen LogP contribution < -0.4 is 5.32 Å². The van der Waals surface area contributed by atoms with Crippen molar-refractivity contribution in [3.8, 4) is 11.1 Å². The minimum absolute atomic E-state index is 0.0349. The van der Waals surface area contributed by atoms with E-state index in [1.54, 1.807) is 12.1 Å². The maximum absolute atomic E-state index is 14.1. The average molecular weight is 550 g/mol. The lowest BCUT2D eigenvalue weighted by molar-refractivity contribution is 0.336. The molecule has 0 saturated heterocycles. The third-order valence-corrected chi connectivity index (χ3v) is 11.3. The first kappa shape index (κ1) is 29.2. The molecular formula is C33H44FN3OS. The van der Waals surface area contributed by atoms with Crippen LogP contribution in [0.2, 0.25) is 0 Å². The molecule has 0 spiro atoms. The molecule has 0 radical (unpaired) electrons. The zero-order valence-electron chi connectivity index (χ0n) is 24.9. The Morgan fingerprint density at radius 1 is 0.923 bits per heavy atom. The molecule has 0 bridgehead atoms. The van der Waals surface area contributed by atoms with E-state index < -0.39 is 10.3 Å². The van der Waals surface area contributed by atoms with Crippen molar-refractivity contribution in [1.29, 1.82) is 0 Å². The number of anilines is 1. The average Bonchev–Trinajstić information content (AvgIpc) is 3.33. The highest BCUT2D eigenvalue weighted by atomic mass is 32.3. The fraction of sp³-hybridized carbons (Fsp3) is 0.424. The fourth-order valence-corrected chi connectivity index (χ4v) is 5.45. The molecule has 39 heavy (non-hydrogen) atoms. The van der Waals surface area contributed by atoms with Gasteiger partial charge in [-0.3, -0.25) is 4.98 Å². The normalized spacial score (nSPS) is 13.0. The van der Waals surface area contributed by atoms with E-state index in [1.165, 1.54) is 5.39 Å². The summed E-state index contributed by atoms with van der Waals surface area (Å²) in [4.78, 5) is 8.60. The van der Waals surface area contributed by atoms with Crippen molar-refractivity contribution >= 4 is 26.9 Å². The van der Waals surface area contributed by atoms with Crippen molar-refractivity contribution in [2.45, 2.75) is 78.2 Å². The number of H-pyrrole nitrogens is 1. The Bertz CT molecular complexity index is 1430. The van der Waals surface area contributed by atoms with Crippen molar-refractivity contribution in [2.75, 3.05) is 17.8 Å². The van der Waals surface area contributed by atoms with Crippen LogP contribution in [0.15, 0.2) is 54.7 Å². The molecule has 0 amide bonds. The van der Waals surface area contributed by atoms with Crippen LogP contribution in [0.5, 0.6) is 0 Å². The smallest absolute Gasteiger partial charge is 0.123 e. The zero-order valence-corrected chi connectivity index (χ0v) is 25.7. The number of nitrogens with one attached hydrogen (secondary N) is 2. The SMILES string of the molecule is CC(C)c1nc(C(C)C)c(COS(C)(C)C(C)(C)C)c(-c2ccc(F)cc2)c1CNc1ccc2cc[nH]c2c1. The maximum atomic E-state index is 14.1. The topological polar surface area (TPSA) is 49.9 Å². The number of pyridine rings is 1. The molecular weight excluding hydrogens is 505 g/mol. The van der Waals surface area contributed by atoms with Crippen molar-refractivity contribution in [1.82, 2.24) is 9.97 Å². The van der Waals surface area contributed by atoms with Crippen LogP contribution in [-0.2, 0) is 17.3 Å². The van der Waals surface area contributed by atoms with E-state index in [0.717, 1.165) is 44.8 Å². The van der Waals surface area contributed by atoms with Crippen LogP contribution >= 0.6 is 10.3 Å². The van der Waals surface area contributed by atoms with E-state index in [-0.39, 0.29) is 22.4 Å². The first-order valence-electron chi connectivity index (χ1n) is 13.8. The van der Waals surface area contributed by atoms with Crippen LogP contribution in [0.3, 0.4) is 0 Å². The second-order valence-corrected chi connectivity index (χ2v) is 16.2. The molecule has 0 unspecified atom stereocenters. The van der Waals surface area contributed by atoms with Gasteiger partial charge in [0, 0.05) is 51.2 Å². The fourth-order valence-electron chi connectivity index (χ4n) is 4.68. The van der Waals surface area contributed by atoms with E-state index in [9.17, 15) is 4.39 Å². The summed E-state index contributed by atoms with van der Waals surface area (Å²) in [6.07, 6.45) is 6.42. The summed E-state index contributed by atoms with van der Waals surface area (Å²) < 4.78 is 20.9. The lowest BCUT2D eigenvalue weighted by Crippen LogP contribution is -2.25. The van der Waals surface area contributed by atoms with Gasteiger partial charge in [0.25, 0.3) is 0 Å². The third-order valence-electron chi connectivity index (χ3n) is 7.69. The molecule has 0 aliphatic carbocycles. The predicted octanol–water partition coefficient (Wildman–Crippen LogP) is 9.52. The Balaban J connectivity index is 1.89. The number of aromatic amines is 1. The van der Waals surface area contributed by atoms with Gasteiger partial charge < -0.3 is 14.5 Å². The number of halogens is 1. The van der Waals surface area contributed by atoms with Gasteiger partial charge in [0.15, 0.2) is 0 Å². The number of aromatic nitrogens is 2. The van der Waals surface area contributed by atoms with Gasteiger partial charge in [-0.25, -0.2) is 4.39 Å². The minimum Gasteiger partial charge on any atom is -0.381 e. The molecule has 2 heterocycles. The number of hydrogen-bond acceptors (Lipinski definition) is 3. The van der Waals surface area contributed by atoms with E-state index >= 15 is 0 Å². The second kappa shape index (κ2) is 11.3. The first-order valence-corrected chi connectivity index (χ1v) is 16.2. The van der Waals surface area contributed by atoms with Crippen LogP contribution in [0.4, 0.5) is 10.1 Å². The third kappa shape index (κ3) is 6.33. The molecule has 0 atom stereocenters. The van der Waals surface area contributed by atoms with E-state index in [2.05, 4.69) is 95.5 Å². The molecule has 2 aromatic carbocycles. The van der Waals surface area contributed by atoms with Crippen molar-refractivity contribution in [3.63, 3.8) is 0 Å². The Hall–Kier alpha value is -2.83. The summed E-state index contributed by atoms with van der Waals surface area (Å²) in [6, 6.07) is 15.3. The highest BCUT2D eigenvalue weighted by molar-refractivity contribution is 8.29. The molecule has 0 saturated carbocycles. The summed E-state index contributed by atoms with van der Waals surface area (Å²) in [5, 5.41) is 4.84. The van der Waals surface area contributed by atoms with E-state index in [4.69, 9.17) is 9.17 Å². The molecule has 6 heteroatoms. The highest BCUT2D eigenvalue weighted by Gasteiger charge is 2.31. The van der Waals surface area contributed by atoms with E-state index in [0.29, 0.717) is 13.2 Å². The maximum Gasteiger partial charge on any atom is 0.123 e. The molecule has 0 fully saturated rings. The molecule has 2 N–H and O–H groups in total. The molecule has 4 nitrogen and oxygen atoms in total. The largest absolute Gasteiger partial charge is 0.381 e. The van der Waals surface area contributed by atoms with E-state index in [1.807, 2.05) is 18.3 Å². The number of rotatable bonds is 9. The quantitative estimate of drug-likeness (QED) is 0.219. The highest BCUT2D eigenvalue weighted by Crippen LogP contribution is 2.54. The summed E-state index contributed by atoms with van der Waals surface area (Å²) in [5.41, 5.74) is 8.58. The van der Waals surface area contributed by atoms with Gasteiger partial charge in [0.2, 0.25) is 0 Å². The summed E-state index contributed by atoms with van der Waals surface area (Å²) in [6.45, 7) is 16.5. The van der Waals surface area contributed by atoms with Crippen LogP contribution in [0.25, 0.3) is 22.0 Å². The van der Waals surface area contributed by atoms with Gasteiger partial charge in [-0.2, -0.15) is 0 Å². The molecule has 2 aromatic heterocycles. The summed E-state index contributed by atoms with van der Waals surface area (Å²) >= 11 is 0. The second-order valence-electron chi connectivity index (χ2n) is 12.3. The minimum atomic E-state index is -1.36. The predicted molar refractivity (Wildman–Crippen MR) is 167 cm³/mol. The monoisotopic (exact) mass is 549 g/mol. The standard InChI is InChI=1S/C33H44FN3OS/c1-21(2)31-27(19-36-26-15-12-23-16-17-35-29(23)18-26)30(24-10-13-25(34)14-11-24)28(32(37-31)22(3)4)20-38-39(8,9)33(5,6)7/h10-18,21-22,35-36H,19-20H2,1-9H3. The number of nitrogens with zero attached hydrogens (tertiary/aromatic N) is 1. The Morgan fingerprint density at radius 3 is 2.18 bits per heavy atom. The van der Waals surface area contributed by atoms with Gasteiger partial charge in [-0.1, -0.05) is 66.7 Å². The zero-order chi connectivity index (χ0) is 28.5. The van der Waals surface area contributed by atoms with Crippen LogP contribution in [-0.4, -0.2) is 27.2 Å².